The molecule has 4 rings (SSSR count). The van der Waals surface area contributed by atoms with E-state index in [1.54, 1.807) is 48.5 Å². The summed E-state index contributed by atoms with van der Waals surface area (Å²) in [4.78, 5) is 24.1. The third-order valence-electron chi connectivity index (χ3n) is 5.04. The lowest BCUT2D eigenvalue weighted by atomic mass is 10.1. The Balaban J connectivity index is 1.73. The molecule has 0 spiro atoms. The minimum absolute atomic E-state index is 0.0666. The Kier molecular flexibility index (Phi) is 5.44. The molecule has 1 aliphatic heterocycles. The molecule has 0 radical (unpaired) electrons. The lowest BCUT2D eigenvalue weighted by molar-refractivity contribution is 0.101. The van der Waals surface area contributed by atoms with Crippen LogP contribution in [0.3, 0.4) is 0 Å². The van der Waals surface area contributed by atoms with Crippen LogP contribution in [0.25, 0.3) is 0 Å². The minimum atomic E-state index is -4.09. The summed E-state index contributed by atoms with van der Waals surface area (Å²) in [5, 5.41) is 2.88. The highest BCUT2D eigenvalue weighted by atomic mass is 32.2. The van der Waals surface area contributed by atoms with Gasteiger partial charge in [0.15, 0.2) is 10.7 Å². The number of ketones is 2. The highest BCUT2D eigenvalue weighted by Gasteiger charge is 2.39. The molecule has 0 unspecified atom stereocenters. The molecule has 0 bridgehead atoms. The number of hydrogen-bond acceptors (Lipinski definition) is 5. The van der Waals surface area contributed by atoms with Crippen LogP contribution in [0.2, 0.25) is 0 Å². The van der Waals surface area contributed by atoms with Crippen molar-refractivity contribution in [2.75, 3.05) is 9.62 Å². The normalized spacial score (nSPS) is 16.1. The van der Waals surface area contributed by atoms with Gasteiger partial charge in [0.1, 0.15) is 0 Å². The number of sulfonamides is 1. The zero-order chi connectivity index (χ0) is 22.0. The molecule has 1 N–H and O–H groups in total. The molecular formula is C24H20N2O4S. The zero-order valence-corrected chi connectivity index (χ0v) is 17.6. The van der Waals surface area contributed by atoms with Gasteiger partial charge in [-0.2, -0.15) is 0 Å². The van der Waals surface area contributed by atoms with Crippen molar-refractivity contribution >= 4 is 33.0 Å². The largest absolute Gasteiger partial charge is 0.360 e. The lowest BCUT2D eigenvalue weighted by Gasteiger charge is -2.31. The number of benzene rings is 3. The number of carbonyl (C=O) groups is 2. The monoisotopic (exact) mass is 432 g/mol. The maximum atomic E-state index is 13.4. The molecule has 1 aliphatic rings. The van der Waals surface area contributed by atoms with Crippen LogP contribution in [0.4, 0.5) is 11.4 Å². The molecule has 0 saturated carbocycles. The molecule has 0 saturated heterocycles. The Morgan fingerprint density at radius 1 is 0.935 bits per heavy atom. The van der Waals surface area contributed by atoms with Gasteiger partial charge in [-0.15, -0.1) is 0 Å². The first kappa shape index (κ1) is 20.6. The summed E-state index contributed by atoms with van der Waals surface area (Å²) in [6.07, 6.45) is 1.22. The highest BCUT2D eigenvalue weighted by molar-refractivity contribution is 7.97. The topological polar surface area (TPSA) is 83.6 Å². The Labute approximate surface area is 180 Å². The van der Waals surface area contributed by atoms with Gasteiger partial charge < -0.3 is 5.32 Å². The van der Waals surface area contributed by atoms with Gasteiger partial charge in [-0.3, -0.25) is 13.9 Å². The molecule has 31 heavy (non-hydrogen) atoms. The third kappa shape index (κ3) is 4.00. The van der Waals surface area contributed by atoms with Crippen LogP contribution < -0.4 is 9.62 Å². The van der Waals surface area contributed by atoms with Crippen molar-refractivity contribution < 1.29 is 18.0 Å². The van der Waals surface area contributed by atoms with E-state index in [0.29, 0.717) is 22.5 Å². The fourth-order valence-electron chi connectivity index (χ4n) is 3.39. The van der Waals surface area contributed by atoms with Crippen molar-refractivity contribution in [1.29, 1.82) is 0 Å². The van der Waals surface area contributed by atoms with Crippen molar-refractivity contribution in [3.63, 3.8) is 0 Å². The van der Waals surface area contributed by atoms with E-state index in [1.165, 1.54) is 17.4 Å². The van der Waals surface area contributed by atoms with Gasteiger partial charge in [-0.1, -0.05) is 42.5 Å². The average Bonchev–Trinajstić information content (AvgIpc) is 2.77. The van der Waals surface area contributed by atoms with E-state index in [9.17, 15) is 18.0 Å². The van der Waals surface area contributed by atoms with Crippen LogP contribution in [-0.4, -0.2) is 20.0 Å². The average molecular weight is 433 g/mol. The molecule has 156 valence electrons. The number of hydrogen-bond donors (Lipinski definition) is 1. The number of fused-ring (bicyclic) bond motifs is 1. The second-order valence-electron chi connectivity index (χ2n) is 7.13. The highest BCUT2D eigenvalue weighted by Crippen LogP contribution is 2.36. The predicted octanol–water partition coefficient (Wildman–Crippen LogP) is 4.38. The summed E-state index contributed by atoms with van der Waals surface area (Å²) in [7, 11) is -4.09. The number of Topliss-reactive ketones (excluding diaryl/α,β-unsaturated/α-hetero) is 2. The molecular weight excluding hydrogens is 412 g/mol. The number of carbonyl (C=O) groups excluding carboxylic acids is 2. The van der Waals surface area contributed by atoms with E-state index < -0.39 is 15.8 Å². The van der Waals surface area contributed by atoms with Gasteiger partial charge in [0.2, 0.25) is 5.78 Å². The quantitative estimate of drug-likeness (QED) is 0.478. The summed E-state index contributed by atoms with van der Waals surface area (Å²) in [6.45, 7) is 1.58. The molecule has 6 nitrogen and oxygen atoms in total. The van der Waals surface area contributed by atoms with E-state index >= 15 is 0 Å². The summed E-state index contributed by atoms with van der Waals surface area (Å²) in [5.74, 6) is -0.629. The van der Waals surface area contributed by atoms with Crippen LogP contribution in [0, 0.1) is 0 Å². The molecule has 0 aromatic heterocycles. The van der Waals surface area contributed by atoms with E-state index in [0.717, 1.165) is 5.56 Å². The summed E-state index contributed by atoms with van der Waals surface area (Å²) >= 11 is 0. The molecule has 0 fully saturated rings. The van der Waals surface area contributed by atoms with Crippen molar-refractivity contribution in [3.8, 4) is 0 Å². The zero-order valence-electron chi connectivity index (χ0n) is 16.8. The first-order valence-electron chi connectivity index (χ1n) is 9.66. The molecule has 0 amide bonds. The molecule has 0 atom stereocenters. The Morgan fingerprint density at radius 3 is 2.26 bits per heavy atom. The summed E-state index contributed by atoms with van der Waals surface area (Å²) in [6, 6.07) is 22.5. The Morgan fingerprint density at radius 2 is 1.58 bits per heavy atom. The lowest BCUT2D eigenvalue weighted by Crippen LogP contribution is -2.39. The van der Waals surface area contributed by atoms with Gasteiger partial charge in [-0.05, 0) is 48.9 Å². The molecule has 0 aliphatic carbocycles. The third-order valence-corrected chi connectivity index (χ3v) is 6.80. The van der Waals surface area contributed by atoms with Crippen molar-refractivity contribution in [3.05, 3.63) is 107 Å². The maximum Gasteiger partial charge on any atom is 0.270 e. The van der Waals surface area contributed by atoms with Crippen molar-refractivity contribution in [2.45, 2.75) is 13.5 Å². The van der Waals surface area contributed by atoms with Crippen LogP contribution in [-0.2, 0) is 16.6 Å². The van der Waals surface area contributed by atoms with Gasteiger partial charge in [-0.25, -0.2) is 8.42 Å². The van der Waals surface area contributed by atoms with Crippen LogP contribution >= 0.6 is 0 Å². The van der Waals surface area contributed by atoms with Gasteiger partial charge >= 0.3 is 0 Å². The van der Waals surface area contributed by atoms with Crippen LogP contribution in [0.5, 0.6) is 0 Å². The van der Waals surface area contributed by atoms with Crippen molar-refractivity contribution in [1.82, 2.24) is 0 Å². The van der Waals surface area contributed by atoms with E-state index in [4.69, 9.17) is 0 Å². The smallest absolute Gasteiger partial charge is 0.270 e. The predicted molar refractivity (Wildman–Crippen MR) is 120 cm³/mol. The molecule has 1 heterocycles. The fourth-order valence-corrected chi connectivity index (χ4v) is 4.92. The first-order valence-corrected chi connectivity index (χ1v) is 11.1. The van der Waals surface area contributed by atoms with Gasteiger partial charge in [0.05, 0.1) is 12.2 Å². The summed E-state index contributed by atoms with van der Waals surface area (Å²) < 4.78 is 28.1. The molecule has 3 aromatic carbocycles. The van der Waals surface area contributed by atoms with E-state index in [1.807, 2.05) is 30.3 Å². The SMILES string of the molecule is CC(=O)c1ccc(N/C=C2\C(=O)c3ccccc3N(Cc3ccccc3)S2(=O)=O)cc1. The van der Waals surface area contributed by atoms with Crippen LogP contribution in [0.1, 0.15) is 33.2 Å². The van der Waals surface area contributed by atoms with E-state index in [2.05, 4.69) is 5.32 Å². The number of rotatable bonds is 5. The van der Waals surface area contributed by atoms with Crippen LogP contribution in [0.15, 0.2) is 90.0 Å². The Bertz CT molecular complexity index is 1280. The Hall–Kier alpha value is -3.71. The minimum Gasteiger partial charge on any atom is -0.360 e. The van der Waals surface area contributed by atoms with E-state index in [-0.39, 0.29) is 17.2 Å². The molecule has 7 heteroatoms. The number of allylic oxidation sites excluding steroid dienone is 1. The fraction of sp³-hybridized carbons (Fsp3) is 0.0833. The number of para-hydroxylation sites is 1. The molecule has 3 aromatic rings. The number of anilines is 2. The van der Waals surface area contributed by atoms with Gasteiger partial charge in [0.25, 0.3) is 10.0 Å². The standard InChI is InChI=1S/C24H20N2O4S/c1-17(27)19-11-13-20(14-12-19)25-15-23-24(28)21-9-5-6-10-22(21)26(31(23,29)30)16-18-7-3-2-4-8-18/h2-15,25H,16H2,1H3/b23-15+. The first-order chi connectivity index (χ1) is 14.9. The second kappa shape index (κ2) is 8.20. The van der Waals surface area contributed by atoms with Gasteiger partial charge in [0, 0.05) is 23.0 Å². The summed E-state index contributed by atoms with van der Waals surface area (Å²) in [5.41, 5.74) is 2.60. The second-order valence-corrected chi connectivity index (χ2v) is 8.96. The van der Waals surface area contributed by atoms with Crippen molar-refractivity contribution in [2.24, 2.45) is 0 Å². The number of nitrogens with zero attached hydrogens (tertiary/aromatic N) is 1. The maximum absolute atomic E-state index is 13.4. The number of nitrogens with one attached hydrogen (secondary N) is 1.